The minimum atomic E-state index is -4.30. The maximum atomic E-state index is 12.9. The van der Waals surface area contributed by atoms with Crippen LogP contribution in [0.25, 0.3) is 0 Å². The highest BCUT2D eigenvalue weighted by Crippen LogP contribution is 2.31. The van der Waals surface area contributed by atoms with Gasteiger partial charge in [-0.1, -0.05) is 6.07 Å². The Hall–Kier alpha value is -1.95. The Morgan fingerprint density at radius 1 is 1.06 bits per heavy atom. The Morgan fingerprint density at radius 3 is 2.50 bits per heavy atom. The van der Waals surface area contributed by atoms with E-state index < -0.39 is 11.7 Å². The van der Waals surface area contributed by atoms with E-state index >= 15 is 0 Å². The third-order valence-corrected chi connectivity index (χ3v) is 5.34. The molecule has 0 amide bonds. The Balaban J connectivity index is 0.00000363. The monoisotopic (exact) mass is 565 g/mol. The Kier molecular flexibility index (Phi) is 10.6. The van der Waals surface area contributed by atoms with Crippen molar-refractivity contribution in [2.24, 2.45) is 4.99 Å². The van der Waals surface area contributed by atoms with Gasteiger partial charge in [-0.2, -0.15) is 13.2 Å². The molecule has 1 aromatic carbocycles. The Bertz CT molecular complexity index is 821. The summed E-state index contributed by atoms with van der Waals surface area (Å²) in [6, 6.07) is 9.36. The van der Waals surface area contributed by atoms with Crippen LogP contribution >= 0.6 is 24.0 Å². The first kappa shape index (κ1) is 26.3. The van der Waals surface area contributed by atoms with Crippen LogP contribution in [-0.2, 0) is 12.7 Å². The summed E-state index contributed by atoms with van der Waals surface area (Å²) in [5.74, 6) is 1.60. The van der Waals surface area contributed by atoms with E-state index in [1.165, 1.54) is 12.1 Å². The van der Waals surface area contributed by atoms with E-state index in [1.54, 1.807) is 19.4 Å². The van der Waals surface area contributed by atoms with Gasteiger partial charge in [0.25, 0.3) is 0 Å². The predicted molar refractivity (Wildman–Crippen MR) is 132 cm³/mol. The number of hydrogen-bond donors (Lipinski definition) is 2. The van der Waals surface area contributed by atoms with Gasteiger partial charge < -0.3 is 20.0 Å². The van der Waals surface area contributed by atoms with Crippen LogP contribution in [0.1, 0.15) is 24.2 Å². The number of nitrogens with one attached hydrogen (secondary N) is 2. The van der Waals surface area contributed by atoms with Gasteiger partial charge in [0.15, 0.2) is 5.96 Å². The molecule has 1 aromatic heterocycles. The number of unbranched alkanes of at least 4 members (excludes halogenated alkanes) is 1. The van der Waals surface area contributed by atoms with Crippen molar-refractivity contribution in [3.05, 3.63) is 54.0 Å². The van der Waals surface area contributed by atoms with E-state index in [1.807, 2.05) is 17.0 Å². The minimum absolute atomic E-state index is 0. The molecule has 178 valence electrons. The van der Waals surface area contributed by atoms with E-state index in [9.17, 15) is 13.2 Å². The second-order valence-electron chi connectivity index (χ2n) is 7.52. The SMILES string of the molecule is CN=C(NCCCCN1CCN(c2cccc(C(F)(F)F)c2)CC1)NCc1ccco1.I. The third kappa shape index (κ3) is 8.19. The summed E-state index contributed by atoms with van der Waals surface area (Å²) in [6.07, 6.45) is -0.601. The topological polar surface area (TPSA) is 56.0 Å². The second kappa shape index (κ2) is 12.9. The lowest BCUT2D eigenvalue weighted by molar-refractivity contribution is -0.137. The fourth-order valence-corrected chi connectivity index (χ4v) is 3.58. The molecule has 0 radical (unpaired) electrons. The molecule has 2 aromatic rings. The maximum absolute atomic E-state index is 12.9. The van der Waals surface area contributed by atoms with E-state index in [0.29, 0.717) is 12.2 Å². The minimum Gasteiger partial charge on any atom is -0.467 e. The number of furan rings is 1. The lowest BCUT2D eigenvalue weighted by Gasteiger charge is -2.36. The second-order valence-corrected chi connectivity index (χ2v) is 7.52. The molecule has 0 unspecified atom stereocenters. The quantitative estimate of drug-likeness (QED) is 0.218. The maximum Gasteiger partial charge on any atom is 0.416 e. The van der Waals surface area contributed by atoms with Gasteiger partial charge in [-0.3, -0.25) is 9.89 Å². The largest absolute Gasteiger partial charge is 0.467 e. The summed E-state index contributed by atoms with van der Waals surface area (Å²) in [4.78, 5) is 8.60. The van der Waals surface area contributed by atoms with Crippen molar-refractivity contribution >= 4 is 35.6 Å². The van der Waals surface area contributed by atoms with E-state index in [4.69, 9.17) is 4.42 Å². The molecular weight excluding hydrogens is 534 g/mol. The lowest BCUT2D eigenvalue weighted by atomic mass is 10.1. The van der Waals surface area contributed by atoms with Crippen molar-refractivity contribution in [1.29, 1.82) is 0 Å². The highest BCUT2D eigenvalue weighted by Gasteiger charge is 2.31. The molecule has 1 saturated heterocycles. The van der Waals surface area contributed by atoms with Gasteiger partial charge in [0.2, 0.25) is 0 Å². The van der Waals surface area contributed by atoms with Crippen molar-refractivity contribution in [3.8, 4) is 0 Å². The van der Waals surface area contributed by atoms with Crippen LogP contribution < -0.4 is 15.5 Å². The van der Waals surface area contributed by atoms with Crippen LogP contribution in [0.4, 0.5) is 18.9 Å². The number of halogens is 4. The van der Waals surface area contributed by atoms with Gasteiger partial charge in [-0.25, -0.2) is 0 Å². The number of benzene rings is 1. The smallest absolute Gasteiger partial charge is 0.416 e. The fourth-order valence-electron chi connectivity index (χ4n) is 3.58. The first-order valence-electron chi connectivity index (χ1n) is 10.6. The van der Waals surface area contributed by atoms with Crippen LogP contribution in [0.3, 0.4) is 0 Å². The number of nitrogens with zero attached hydrogens (tertiary/aromatic N) is 3. The van der Waals surface area contributed by atoms with Gasteiger partial charge in [0.1, 0.15) is 5.76 Å². The molecule has 1 fully saturated rings. The number of alkyl halides is 3. The van der Waals surface area contributed by atoms with Gasteiger partial charge in [-0.05, 0) is 49.7 Å². The average Bonchev–Trinajstić information content (AvgIpc) is 3.29. The zero-order chi connectivity index (χ0) is 22.1. The molecule has 1 aliphatic heterocycles. The number of anilines is 1. The number of guanidine groups is 1. The summed E-state index contributed by atoms with van der Waals surface area (Å²) >= 11 is 0. The summed E-state index contributed by atoms with van der Waals surface area (Å²) < 4.78 is 44.1. The standard InChI is InChI=1S/C22H30F3N5O.HI/c1-26-21(28-17-20-8-5-15-31-20)27-9-2-3-10-29-11-13-30(14-12-29)19-7-4-6-18(16-19)22(23,24)25;/h4-8,15-16H,2-3,9-14,17H2,1H3,(H2,26,27,28);1H. The zero-order valence-corrected chi connectivity index (χ0v) is 20.5. The fraction of sp³-hybridized carbons (Fsp3) is 0.500. The molecule has 0 bridgehead atoms. The number of aliphatic imine (C=N–C) groups is 1. The predicted octanol–water partition coefficient (Wildman–Crippen LogP) is 4.18. The molecule has 2 heterocycles. The molecule has 0 spiro atoms. The van der Waals surface area contributed by atoms with E-state index in [0.717, 1.165) is 69.9 Å². The van der Waals surface area contributed by atoms with Crippen LogP contribution in [0, 0.1) is 0 Å². The first-order chi connectivity index (χ1) is 15.0. The van der Waals surface area contributed by atoms with Crippen molar-refractivity contribution < 1.29 is 17.6 Å². The molecule has 3 rings (SSSR count). The Morgan fingerprint density at radius 2 is 1.84 bits per heavy atom. The van der Waals surface area contributed by atoms with Gasteiger partial charge in [0, 0.05) is 45.5 Å². The molecule has 1 aliphatic rings. The molecule has 2 N–H and O–H groups in total. The molecule has 6 nitrogen and oxygen atoms in total. The van der Waals surface area contributed by atoms with Gasteiger partial charge >= 0.3 is 6.18 Å². The molecular formula is C22H31F3IN5O. The zero-order valence-electron chi connectivity index (χ0n) is 18.2. The third-order valence-electron chi connectivity index (χ3n) is 5.34. The summed E-state index contributed by atoms with van der Waals surface area (Å²) in [5.41, 5.74) is 0.0562. The highest BCUT2D eigenvalue weighted by atomic mass is 127. The summed E-state index contributed by atoms with van der Waals surface area (Å²) in [7, 11) is 1.74. The summed E-state index contributed by atoms with van der Waals surface area (Å²) in [5, 5.41) is 6.50. The average molecular weight is 565 g/mol. The molecule has 10 heteroatoms. The molecule has 0 atom stereocenters. The van der Waals surface area contributed by atoms with Gasteiger partial charge in [0.05, 0.1) is 18.4 Å². The van der Waals surface area contributed by atoms with Crippen LogP contribution in [0.2, 0.25) is 0 Å². The van der Waals surface area contributed by atoms with Crippen molar-refractivity contribution in [2.75, 3.05) is 51.2 Å². The molecule has 32 heavy (non-hydrogen) atoms. The van der Waals surface area contributed by atoms with E-state index in [2.05, 4.69) is 20.5 Å². The van der Waals surface area contributed by atoms with Crippen molar-refractivity contribution in [2.45, 2.75) is 25.6 Å². The normalized spacial score (nSPS) is 15.4. The van der Waals surface area contributed by atoms with Crippen LogP contribution in [0.5, 0.6) is 0 Å². The summed E-state index contributed by atoms with van der Waals surface area (Å²) in [6.45, 7) is 5.58. The molecule has 0 saturated carbocycles. The van der Waals surface area contributed by atoms with Crippen LogP contribution in [0.15, 0.2) is 52.1 Å². The number of hydrogen-bond acceptors (Lipinski definition) is 4. The lowest BCUT2D eigenvalue weighted by Crippen LogP contribution is -2.46. The number of piperazine rings is 1. The van der Waals surface area contributed by atoms with Crippen molar-refractivity contribution in [3.63, 3.8) is 0 Å². The van der Waals surface area contributed by atoms with E-state index in [-0.39, 0.29) is 24.0 Å². The van der Waals surface area contributed by atoms with Gasteiger partial charge in [-0.15, -0.1) is 24.0 Å². The Labute approximate surface area is 204 Å². The van der Waals surface area contributed by atoms with Crippen molar-refractivity contribution in [1.82, 2.24) is 15.5 Å². The first-order valence-corrected chi connectivity index (χ1v) is 10.6. The number of rotatable bonds is 8. The molecule has 0 aliphatic carbocycles. The highest BCUT2D eigenvalue weighted by molar-refractivity contribution is 14.0. The van der Waals surface area contributed by atoms with Crippen LogP contribution in [-0.4, -0.2) is 57.2 Å².